The summed E-state index contributed by atoms with van der Waals surface area (Å²) in [5, 5.41) is 3.34. The minimum absolute atomic E-state index is 0.174. The molecule has 2 heterocycles. The highest BCUT2D eigenvalue weighted by Gasteiger charge is 2.34. The molecule has 0 aromatic heterocycles. The highest BCUT2D eigenvalue weighted by molar-refractivity contribution is 5.80. The third-order valence-corrected chi connectivity index (χ3v) is 3.93. The van der Waals surface area contributed by atoms with E-state index in [2.05, 4.69) is 12.2 Å². The molecule has 4 nitrogen and oxygen atoms in total. The molecule has 1 amide bonds. The number of carbonyl (C=O) groups is 1. The lowest BCUT2D eigenvalue weighted by atomic mass is 9.98. The quantitative estimate of drug-likeness (QED) is 0.750. The first-order chi connectivity index (χ1) is 7.70. The van der Waals surface area contributed by atoms with Crippen LogP contribution in [0.2, 0.25) is 0 Å². The van der Waals surface area contributed by atoms with Crippen LogP contribution >= 0.6 is 0 Å². The highest BCUT2D eigenvalue weighted by atomic mass is 16.5. The summed E-state index contributed by atoms with van der Waals surface area (Å²) < 4.78 is 5.33. The number of nitrogens with one attached hydrogen (secondary N) is 1. The average Bonchev–Trinajstić information content (AvgIpc) is 2.75. The molecule has 0 aromatic carbocycles. The van der Waals surface area contributed by atoms with Gasteiger partial charge in [-0.25, -0.2) is 0 Å². The van der Waals surface area contributed by atoms with Crippen molar-refractivity contribution in [3.8, 4) is 0 Å². The summed E-state index contributed by atoms with van der Waals surface area (Å²) in [7, 11) is 1.95. The lowest BCUT2D eigenvalue weighted by Gasteiger charge is -2.33. The largest absolute Gasteiger partial charge is 0.381 e. The van der Waals surface area contributed by atoms with E-state index >= 15 is 0 Å². The van der Waals surface area contributed by atoms with Gasteiger partial charge in [0.15, 0.2) is 0 Å². The maximum atomic E-state index is 12.3. The molecule has 2 rings (SSSR count). The zero-order valence-corrected chi connectivity index (χ0v) is 10.2. The number of amides is 1. The molecule has 92 valence electrons. The second-order valence-corrected chi connectivity index (χ2v) is 4.93. The molecule has 0 aliphatic carbocycles. The van der Waals surface area contributed by atoms with Crippen LogP contribution in [0.5, 0.6) is 0 Å². The summed E-state index contributed by atoms with van der Waals surface area (Å²) in [6, 6.07) is 0.712. The van der Waals surface area contributed by atoms with Crippen LogP contribution in [-0.4, -0.2) is 49.7 Å². The van der Waals surface area contributed by atoms with Crippen molar-refractivity contribution in [2.75, 3.05) is 26.8 Å². The molecule has 0 spiro atoms. The van der Waals surface area contributed by atoms with Crippen LogP contribution in [0, 0.1) is 5.92 Å². The standard InChI is InChI=1S/C12H22N2O2/c1-9-11(3-6-13-9)12(15)14(2)10-4-7-16-8-5-10/h9-11,13H,3-8H2,1-2H3. The Morgan fingerprint density at radius 2 is 2.00 bits per heavy atom. The first kappa shape index (κ1) is 11.9. The molecular weight excluding hydrogens is 204 g/mol. The number of rotatable bonds is 2. The fraction of sp³-hybridized carbons (Fsp3) is 0.917. The Morgan fingerprint density at radius 3 is 2.56 bits per heavy atom. The predicted octanol–water partition coefficient (Wildman–Crippen LogP) is 0.622. The van der Waals surface area contributed by atoms with Crippen LogP contribution in [0.3, 0.4) is 0 Å². The lowest BCUT2D eigenvalue weighted by Crippen LogP contribution is -2.45. The molecule has 2 unspecified atom stereocenters. The molecular formula is C12H22N2O2. The van der Waals surface area contributed by atoms with Gasteiger partial charge in [-0.2, -0.15) is 0 Å². The minimum atomic E-state index is 0.174. The molecule has 1 N–H and O–H groups in total. The van der Waals surface area contributed by atoms with Gasteiger partial charge in [0.1, 0.15) is 0 Å². The Hall–Kier alpha value is -0.610. The van der Waals surface area contributed by atoms with Crippen molar-refractivity contribution < 1.29 is 9.53 Å². The highest BCUT2D eigenvalue weighted by Crippen LogP contribution is 2.21. The number of ether oxygens (including phenoxy) is 1. The first-order valence-corrected chi connectivity index (χ1v) is 6.28. The second kappa shape index (κ2) is 5.15. The fourth-order valence-electron chi connectivity index (χ4n) is 2.71. The smallest absolute Gasteiger partial charge is 0.227 e. The maximum Gasteiger partial charge on any atom is 0.227 e. The summed E-state index contributed by atoms with van der Waals surface area (Å²) in [4.78, 5) is 14.3. The van der Waals surface area contributed by atoms with Crippen molar-refractivity contribution >= 4 is 5.91 Å². The topological polar surface area (TPSA) is 41.6 Å². The normalized spacial score (nSPS) is 31.6. The van der Waals surface area contributed by atoms with Crippen LogP contribution in [0.15, 0.2) is 0 Å². The SMILES string of the molecule is CC1NCCC1C(=O)N(C)C1CCOCC1. The van der Waals surface area contributed by atoms with Gasteiger partial charge in [-0.15, -0.1) is 0 Å². The van der Waals surface area contributed by atoms with Gasteiger partial charge in [-0.3, -0.25) is 4.79 Å². The van der Waals surface area contributed by atoms with E-state index in [1.54, 1.807) is 0 Å². The fourth-order valence-corrected chi connectivity index (χ4v) is 2.71. The maximum absolute atomic E-state index is 12.3. The molecule has 16 heavy (non-hydrogen) atoms. The van der Waals surface area contributed by atoms with E-state index in [1.807, 2.05) is 11.9 Å². The average molecular weight is 226 g/mol. The summed E-state index contributed by atoms with van der Waals surface area (Å²) in [5.74, 6) is 0.484. The van der Waals surface area contributed by atoms with E-state index in [9.17, 15) is 4.79 Å². The van der Waals surface area contributed by atoms with Crippen molar-refractivity contribution in [1.82, 2.24) is 10.2 Å². The number of carbonyl (C=O) groups excluding carboxylic acids is 1. The Balaban J connectivity index is 1.92. The van der Waals surface area contributed by atoms with E-state index in [1.165, 1.54) is 0 Å². The summed E-state index contributed by atoms with van der Waals surface area (Å²) >= 11 is 0. The van der Waals surface area contributed by atoms with Crippen LogP contribution in [-0.2, 0) is 9.53 Å². The summed E-state index contributed by atoms with van der Waals surface area (Å²) in [6.45, 7) is 4.66. The van der Waals surface area contributed by atoms with Gasteiger partial charge in [0, 0.05) is 32.3 Å². The van der Waals surface area contributed by atoms with E-state index < -0.39 is 0 Å². The van der Waals surface area contributed by atoms with Gasteiger partial charge in [-0.1, -0.05) is 0 Å². The van der Waals surface area contributed by atoms with Crippen molar-refractivity contribution in [2.24, 2.45) is 5.92 Å². The Morgan fingerprint density at radius 1 is 1.31 bits per heavy atom. The molecule has 2 atom stereocenters. The molecule has 0 saturated carbocycles. The number of nitrogens with zero attached hydrogens (tertiary/aromatic N) is 1. The molecule has 2 saturated heterocycles. The van der Waals surface area contributed by atoms with E-state index in [4.69, 9.17) is 4.74 Å². The molecule has 2 fully saturated rings. The molecule has 2 aliphatic rings. The Labute approximate surface area is 97.3 Å². The van der Waals surface area contributed by atoms with E-state index in [0.29, 0.717) is 18.0 Å². The van der Waals surface area contributed by atoms with Crippen LogP contribution in [0.25, 0.3) is 0 Å². The zero-order valence-electron chi connectivity index (χ0n) is 10.2. The summed E-state index contributed by atoms with van der Waals surface area (Å²) in [6.07, 6.45) is 2.95. The van der Waals surface area contributed by atoms with Gasteiger partial charge in [0.25, 0.3) is 0 Å². The Bertz CT molecular complexity index is 251. The molecule has 4 heteroatoms. The van der Waals surface area contributed by atoms with Crippen molar-refractivity contribution in [3.63, 3.8) is 0 Å². The van der Waals surface area contributed by atoms with Gasteiger partial charge >= 0.3 is 0 Å². The monoisotopic (exact) mass is 226 g/mol. The van der Waals surface area contributed by atoms with Gasteiger partial charge in [0.2, 0.25) is 5.91 Å². The van der Waals surface area contributed by atoms with Gasteiger partial charge in [-0.05, 0) is 32.7 Å². The van der Waals surface area contributed by atoms with Crippen molar-refractivity contribution in [2.45, 2.75) is 38.3 Å². The van der Waals surface area contributed by atoms with E-state index in [0.717, 1.165) is 39.0 Å². The van der Waals surface area contributed by atoms with Crippen molar-refractivity contribution in [3.05, 3.63) is 0 Å². The molecule has 0 aromatic rings. The van der Waals surface area contributed by atoms with Crippen LogP contribution < -0.4 is 5.32 Å². The van der Waals surface area contributed by atoms with Crippen LogP contribution in [0.4, 0.5) is 0 Å². The molecule has 0 radical (unpaired) electrons. The summed E-state index contributed by atoms with van der Waals surface area (Å²) in [5.41, 5.74) is 0. The zero-order chi connectivity index (χ0) is 11.5. The van der Waals surface area contributed by atoms with Gasteiger partial charge in [0.05, 0.1) is 5.92 Å². The van der Waals surface area contributed by atoms with E-state index in [-0.39, 0.29) is 5.92 Å². The Kier molecular flexibility index (Phi) is 3.82. The number of hydrogen-bond acceptors (Lipinski definition) is 3. The lowest BCUT2D eigenvalue weighted by molar-refractivity contribution is -0.138. The number of hydrogen-bond donors (Lipinski definition) is 1. The molecule has 0 bridgehead atoms. The van der Waals surface area contributed by atoms with Crippen molar-refractivity contribution in [1.29, 1.82) is 0 Å². The third kappa shape index (κ3) is 2.38. The third-order valence-electron chi connectivity index (χ3n) is 3.93. The minimum Gasteiger partial charge on any atom is -0.381 e. The van der Waals surface area contributed by atoms with Crippen LogP contribution in [0.1, 0.15) is 26.2 Å². The van der Waals surface area contributed by atoms with Gasteiger partial charge < -0.3 is 15.0 Å². The first-order valence-electron chi connectivity index (χ1n) is 6.28. The predicted molar refractivity (Wildman–Crippen MR) is 62.2 cm³/mol. The second-order valence-electron chi connectivity index (χ2n) is 4.93. The molecule has 2 aliphatic heterocycles.